The molecule has 2 aliphatic rings. The van der Waals surface area contributed by atoms with Crippen LogP contribution < -0.4 is 10.6 Å². The van der Waals surface area contributed by atoms with Crippen molar-refractivity contribution in [2.75, 3.05) is 5.75 Å². The topological polar surface area (TPSA) is 108 Å². The van der Waals surface area contributed by atoms with Crippen LogP contribution in [0, 0.1) is 12.8 Å². The van der Waals surface area contributed by atoms with E-state index in [0.29, 0.717) is 11.1 Å². The first-order valence-electron chi connectivity index (χ1n) is 12.9. The molecule has 3 N–H and O–H groups in total. The molecule has 0 spiro atoms. The van der Waals surface area contributed by atoms with Gasteiger partial charge in [0.25, 0.3) is 0 Å². The number of benzene rings is 1. The van der Waals surface area contributed by atoms with E-state index in [2.05, 4.69) is 23.3 Å². The molecule has 0 aromatic heterocycles. The third-order valence-electron chi connectivity index (χ3n) is 6.87. The monoisotopic (exact) mass is 519 g/mol. The van der Waals surface area contributed by atoms with Crippen molar-refractivity contribution in [2.24, 2.45) is 5.92 Å². The van der Waals surface area contributed by atoms with Gasteiger partial charge in [-0.05, 0) is 76.1 Å². The van der Waals surface area contributed by atoms with Crippen molar-refractivity contribution >= 4 is 30.5 Å². The lowest BCUT2D eigenvalue weighted by Gasteiger charge is -2.36. The summed E-state index contributed by atoms with van der Waals surface area (Å²) in [6, 6.07) is 3.08. The highest BCUT2D eigenvalue weighted by atomic mass is 32.1. The van der Waals surface area contributed by atoms with Gasteiger partial charge < -0.3 is 25.4 Å². The molecule has 3 rings (SSSR count). The maximum absolute atomic E-state index is 13.9. The summed E-state index contributed by atoms with van der Waals surface area (Å²) in [5.74, 6) is -0.211. The van der Waals surface area contributed by atoms with Gasteiger partial charge in [-0.25, -0.2) is 4.79 Å². The van der Waals surface area contributed by atoms with Gasteiger partial charge in [-0.3, -0.25) is 9.59 Å². The van der Waals surface area contributed by atoms with Crippen LogP contribution in [0.25, 0.3) is 0 Å². The highest BCUT2D eigenvalue weighted by Gasteiger charge is 2.48. The van der Waals surface area contributed by atoms with Gasteiger partial charge in [0.2, 0.25) is 11.8 Å². The third-order valence-corrected chi connectivity index (χ3v) is 7.23. The highest BCUT2D eigenvalue weighted by molar-refractivity contribution is 7.80. The van der Waals surface area contributed by atoms with Crippen LogP contribution in [0.3, 0.4) is 0 Å². The lowest BCUT2D eigenvalue weighted by Crippen LogP contribution is -2.55. The van der Waals surface area contributed by atoms with Gasteiger partial charge >= 0.3 is 6.09 Å². The van der Waals surface area contributed by atoms with E-state index in [4.69, 9.17) is 4.74 Å². The molecule has 2 saturated carbocycles. The molecule has 0 saturated heterocycles. The van der Waals surface area contributed by atoms with Crippen molar-refractivity contribution in [3.8, 4) is 5.75 Å². The van der Waals surface area contributed by atoms with Gasteiger partial charge in [-0.2, -0.15) is 12.6 Å². The van der Waals surface area contributed by atoms with E-state index in [1.807, 2.05) is 6.92 Å². The number of ether oxygens (including phenoxy) is 1. The SMILES string of the molecule is Cc1cc(C(C(=O)NC2CCCCC2)N(C(=O)C(CS)NC(=O)OC(C)(C)C)C2CC2C)ccc1O. The third kappa shape index (κ3) is 7.31. The van der Waals surface area contributed by atoms with E-state index in [0.717, 1.165) is 38.5 Å². The summed E-state index contributed by atoms with van der Waals surface area (Å²) in [6.45, 7) is 9.06. The number of phenols is 1. The van der Waals surface area contributed by atoms with E-state index in [9.17, 15) is 19.5 Å². The maximum Gasteiger partial charge on any atom is 0.408 e. The molecule has 0 bridgehead atoms. The summed E-state index contributed by atoms with van der Waals surface area (Å²) in [5.41, 5.74) is 0.531. The summed E-state index contributed by atoms with van der Waals surface area (Å²) in [5, 5.41) is 15.9. The zero-order valence-electron chi connectivity index (χ0n) is 22.0. The summed E-state index contributed by atoms with van der Waals surface area (Å²) < 4.78 is 5.36. The number of carbonyl (C=O) groups is 3. The second kappa shape index (κ2) is 11.8. The predicted molar refractivity (Wildman–Crippen MR) is 142 cm³/mol. The Labute approximate surface area is 219 Å². The fraction of sp³-hybridized carbons (Fsp3) is 0.667. The number of phenolic OH excluding ortho intramolecular Hbond substituents is 1. The number of aromatic hydroxyl groups is 1. The van der Waals surface area contributed by atoms with Gasteiger partial charge in [0, 0.05) is 17.8 Å². The lowest BCUT2D eigenvalue weighted by atomic mass is 9.94. The first-order valence-corrected chi connectivity index (χ1v) is 13.6. The quantitative estimate of drug-likeness (QED) is 0.384. The Balaban J connectivity index is 1.94. The molecule has 4 unspecified atom stereocenters. The van der Waals surface area contributed by atoms with Crippen LogP contribution in [0.2, 0.25) is 0 Å². The Morgan fingerprint density at radius 1 is 1.19 bits per heavy atom. The Morgan fingerprint density at radius 3 is 2.36 bits per heavy atom. The number of nitrogens with one attached hydrogen (secondary N) is 2. The minimum absolute atomic E-state index is 0.0568. The van der Waals surface area contributed by atoms with Gasteiger partial charge in [0.05, 0.1) is 0 Å². The van der Waals surface area contributed by atoms with Gasteiger partial charge in [-0.15, -0.1) is 0 Å². The fourth-order valence-corrected chi connectivity index (χ4v) is 5.05. The molecule has 1 aromatic rings. The zero-order valence-corrected chi connectivity index (χ0v) is 22.9. The molecular formula is C27H41N3O5S. The number of alkyl carbamates (subject to hydrolysis) is 1. The Bertz CT molecular complexity index is 957. The molecule has 0 aliphatic heterocycles. The molecule has 2 fully saturated rings. The van der Waals surface area contributed by atoms with Crippen molar-refractivity contribution in [3.05, 3.63) is 29.3 Å². The summed E-state index contributed by atoms with van der Waals surface area (Å²) in [6.07, 6.45) is 5.19. The second-order valence-electron chi connectivity index (χ2n) is 11.2. The van der Waals surface area contributed by atoms with Crippen LogP contribution in [0.4, 0.5) is 4.79 Å². The van der Waals surface area contributed by atoms with E-state index in [1.165, 1.54) is 0 Å². The summed E-state index contributed by atoms with van der Waals surface area (Å²) >= 11 is 4.34. The Kier molecular flexibility index (Phi) is 9.19. The number of hydrogen-bond donors (Lipinski definition) is 4. The number of nitrogens with zero attached hydrogens (tertiary/aromatic N) is 1. The molecule has 3 amide bonds. The van der Waals surface area contributed by atoms with Crippen LogP contribution in [0.15, 0.2) is 18.2 Å². The van der Waals surface area contributed by atoms with Crippen LogP contribution in [0.5, 0.6) is 5.75 Å². The highest BCUT2D eigenvalue weighted by Crippen LogP contribution is 2.41. The van der Waals surface area contributed by atoms with Crippen LogP contribution in [0.1, 0.15) is 83.4 Å². The van der Waals surface area contributed by atoms with Crippen molar-refractivity contribution in [1.82, 2.24) is 15.5 Å². The van der Waals surface area contributed by atoms with E-state index in [1.54, 1.807) is 50.8 Å². The Morgan fingerprint density at radius 2 is 1.83 bits per heavy atom. The maximum atomic E-state index is 13.9. The van der Waals surface area contributed by atoms with Crippen LogP contribution in [-0.4, -0.2) is 57.4 Å². The first kappa shape index (κ1) is 28.2. The largest absolute Gasteiger partial charge is 0.508 e. The first-order chi connectivity index (χ1) is 16.9. The van der Waals surface area contributed by atoms with Gasteiger partial charge in [0.15, 0.2) is 0 Å². The molecule has 200 valence electrons. The van der Waals surface area contributed by atoms with Crippen molar-refractivity contribution in [3.63, 3.8) is 0 Å². The number of carbonyl (C=O) groups excluding carboxylic acids is 3. The van der Waals surface area contributed by atoms with Crippen molar-refractivity contribution in [1.29, 1.82) is 0 Å². The van der Waals surface area contributed by atoms with Gasteiger partial charge in [-0.1, -0.05) is 32.3 Å². The average Bonchev–Trinajstić information content (AvgIpc) is 3.52. The minimum atomic E-state index is -0.959. The van der Waals surface area contributed by atoms with E-state index < -0.39 is 23.8 Å². The average molecular weight is 520 g/mol. The molecule has 8 nitrogen and oxygen atoms in total. The molecule has 2 aliphatic carbocycles. The fourth-order valence-electron chi connectivity index (χ4n) is 4.80. The molecule has 36 heavy (non-hydrogen) atoms. The summed E-state index contributed by atoms with van der Waals surface area (Å²) in [7, 11) is 0. The summed E-state index contributed by atoms with van der Waals surface area (Å²) in [4.78, 5) is 41.9. The van der Waals surface area contributed by atoms with Crippen molar-refractivity contribution < 1.29 is 24.2 Å². The smallest absolute Gasteiger partial charge is 0.408 e. The lowest BCUT2D eigenvalue weighted by molar-refractivity contribution is -0.143. The van der Waals surface area contributed by atoms with Crippen LogP contribution in [-0.2, 0) is 14.3 Å². The number of amides is 3. The van der Waals surface area contributed by atoms with E-state index >= 15 is 0 Å². The molecule has 9 heteroatoms. The number of thiol groups is 1. The number of aryl methyl sites for hydroxylation is 1. The van der Waals surface area contributed by atoms with Gasteiger partial charge in [0.1, 0.15) is 23.4 Å². The molecule has 0 heterocycles. The number of rotatable bonds is 8. The Hall–Kier alpha value is -2.42. The van der Waals surface area contributed by atoms with E-state index in [-0.39, 0.29) is 41.3 Å². The molecule has 0 radical (unpaired) electrons. The number of hydrogen-bond acceptors (Lipinski definition) is 6. The standard InChI is InChI=1S/C27H41N3O5S/c1-16-14-21(16)30(25(33)20(15-36)29-26(34)35-27(3,4)5)23(18-11-12-22(31)17(2)13-18)24(32)28-19-9-7-6-8-10-19/h11-13,16,19-21,23,31,36H,6-10,14-15H2,1-5H3,(H,28,32)(H,29,34). The van der Waals surface area contributed by atoms with Crippen LogP contribution >= 0.6 is 12.6 Å². The molecular weight excluding hydrogens is 478 g/mol. The van der Waals surface area contributed by atoms with Crippen molar-refractivity contribution in [2.45, 2.75) is 103 Å². The normalized spacial score (nSPS) is 21.7. The second-order valence-corrected chi connectivity index (χ2v) is 11.6. The minimum Gasteiger partial charge on any atom is -0.508 e. The molecule has 4 atom stereocenters. The molecule has 1 aromatic carbocycles. The zero-order chi connectivity index (χ0) is 26.6. The predicted octanol–water partition coefficient (Wildman–Crippen LogP) is 4.25.